The minimum atomic E-state index is -0.214. The zero-order valence-corrected chi connectivity index (χ0v) is 18.4. The van der Waals surface area contributed by atoms with Gasteiger partial charge in [-0.2, -0.15) is 5.10 Å². The molecule has 2 heterocycles. The van der Waals surface area contributed by atoms with Gasteiger partial charge >= 0.3 is 0 Å². The van der Waals surface area contributed by atoms with Gasteiger partial charge in [-0.15, -0.1) is 0 Å². The Morgan fingerprint density at radius 1 is 1.09 bits per heavy atom. The number of nitrogens with zero attached hydrogens (tertiary/aromatic N) is 3. The predicted octanol–water partition coefficient (Wildman–Crippen LogP) is 4.17. The second-order valence-electron chi connectivity index (χ2n) is 7.61. The van der Waals surface area contributed by atoms with Crippen molar-refractivity contribution in [3.8, 4) is 22.9 Å². The second-order valence-corrected chi connectivity index (χ2v) is 7.61. The van der Waals surface area contributed by atoms with E-state index >= 15 is 0 Å². The highest BCUT2D eigenvalue weighted by molar-refractivity contribution is 5.94. The quantitative estimate of drug-likeness (QED) is 0.454. The second kappa shape index (κ2) is 9.53. The van der Waals surface area contributed by atoms with Crippen LogP contribution in [0.3, 0.4) is 0 Å². The van der Waals surface area contributed by atoms with Crippen molar-refractivity contribution in [2.24, 2.45) is 0 Å². The van der Waals surface area contributed by atoms with E-state index in [1.807, 2.05) is 74.8 Å². The normalized spacial score (nSPS) is 12.0. The summed E-state index contributed by atoms with van der Waals surface area (Å²) in [5.41, 5.74) is 2.89. The van der Waals surface area contributed by atoms with Gasteiger partial charge < -0.3 is 19.4 Å². The number of furan rings is 1. The lowest BCUT2D eigenvalue weighted by atomic mass is 10.1. The summed E-state index contributed by atoms with van der Waals surface area (Å²) in [6.07, 6.45) is 1.59. The Morgan fingerprint density at radius 3 is 2.59 bits per heavy atom. The number of hydrogen-bond acceptors (Lipinski definition) is 5. The molecule has 0 aliphatic heterocycles. The molecular formula is C25H26N4O3. The molecule has 0 saturated carbocycles. The Kier molecular flexibility index (Phi) is 6.37. The summed E-state index contributed by atoms with van der Waals surface area (Å²) in [5, 5.41) is 7.69. The zero-order valence-electron chi connectivity index (χ0n) is 18.4. The summed E-state index contributed by atoms with van der Waals surface area (Å²) in [6.45, 7) is 0.426. The number of benzene rings is 2. The highest BCUT2D eigenvalue weighted by atomic mass is 16.5. The van der Waals surface area contributed by atoms with Crippen molar-refractivity contribution in [2.75, 3.05) is 27.7 Å². The van der Waals surface area contributed by atoms with Crippen molar-refractivity contribution in [2.45, 2.75) is 6.04 Å². The van der Waals surface area contributed by atoms with Crippen LogP contribution in [0.1, 0.15) is 22.1 Å². The molecule has 0 spiro atoms. The molecule has 7 nitrogen and oxygen atoms in total. The molecule has 164 valence electrons. The van der Waals surface area contributed by atoms with E-state index < -0.39 is 0 Å². The molecule has 1 N–H and O–H groups in total. The molecule has 4 rings (SSSR count). The van der Waals surface area contributed by atoms with Crippen molar-refractivity contribution < 1.29 is 13.9 Å². The summed E-state index contributed by atoms with van der Waals surface area (Å²) >= 11 is 0. The average Bonchev–Trinajstić information content (AvgIpc) is 3.50. The topological polar surface area (TPSA) is 72.5 Å². The van der Waals surface area contributed by atoms with Gasteiger partial charge in [-0.25, -0.2) is 4.68 Å². The molecule has 32 heavy (non-hydrogen) atoms. The van der Waals surface area contributed by atoms with Crippen molar-refractivity contribution in [3.63, 3.8) is 0 Å². The first-order chi connectivity index (χ1) is 15.6. The van der Waals surface area contributed by atoms with Crippen LogP contribution in [0.25, 0.3) is 17.1 Å². The van der Waals surface area contributed by atoms with E-state index in [0.717, 1.165) is 17.0 Å². The molecule has 0 bridgehead atoms. The summed E-state index contributed by atoms with van der Waals surface area (Å²) in [5.74, 6) is 1.18. The third-order valence-electron chi connectivity index (χ3n) is 5.27. The number of rotatable bonds is 8. The summed E-state index contributed by atoms with van der Waals surface area (Å²) in [7, 11) is 5.62. The number of methoxy groups -OCH3 is 1. The van der Waals surface area contributed by atoms with E-state index in [0.29, 0.717) is 23.7 Å². The van der Waals surface area contributed by atoms with E-state index in [1.54, 1.807) is 30.2 Å². The van der Waals surface area contributed by atoms with Gasteiger partial charge in [0.05, 0.1) is 25.1 Å². The molecular weight excluding hydrogens is 404 g/mol. The maximum Gasteiger partial charge on any atom is 0.270 e. The van der Waals surface area contributed by atoms with Crippen LogP contribution in [0, 0.1) is 0 Å². The summed E-state index contributed by atoms with van der Waals surface area (Å²) < 4.78 is 12.5. The van der Waals surface area contributed by atoms with E-state index in [4.69, 9.17) is 9.15 Å². The van der Waals surface area contributed by atoms with Crippen LogP contribution >= 0.6 is 0 Å². The maximum atomic E-state index is 13.3. The van der Waals surface area contributed by atoms with Gasteiger partial charge in [-0.05, 0) is 56.1 Å². The van der Waals surface area contributed by atoms with Gasteiger partial charge in [0, 0.05) is 12.6 Å². The van der Waals surface area contributed by atoms with Gasteiger partial charge in [0.15, 0.2) is 5.76 Å². The average molecular weight is 431 g/mol. The zero-order chi connectivity index (χ0) is 22.5. The van der Waals surface area contributed by atoms with Gasteiger partial charge in [0.1, 0.15) is 17.1 Å². The largest absolute Gasteiger partial charge is 0.497 e. The van der Waals surface area contributed by atoms with Gasteiger partial charge in [0.25, 0.3) is 5.91 Å². The lowest BCUT2D eigenvalue weighted by molar-refractivity contribution is 0.0934. The minimum Gasteiger partial charge on any atom is -0.497 e. The molecule has 7 heteroatoms. The highest BCUT2D eigenvalue weighted by Gasteiger charge is 2.21. The van der Waals surface area contributed by atoms with Gasteiger partial charge in [0.2, 0.25) is 0 Å². The first-order valence-electron chi connectivity index (χ1n) is 10.3. The Morgan fingerprint density at radius 2 is 1.91 bits per heavy atom. The molecule has 2 aromatic heterocycles. The summed E-state index contributed by atoms with van der Waals surface area (Å²) in [6, 6.07) is 22.8. The monoisotopic (exact) mass is 430 g/mol. The van der Waals surface area contributed by atoms with Crippen LogP contribution in [0.4, 0.5) is 0 Å². The molecule has 2 aromatic carbocycles. The van der Waals surface area contributed by atoms with Crippen LogP contribution < -0.4 is 10.1 Å². The molecule has 0 fully saturated rings. The van der Waals surface area contributed by atoms with E-state index in [2.05, 4.69) is 15.3 Å². The lowest BCUT2D eigenvalue weighted by Gasteiger charge is -2.25. The van der Waals surface area contributed by atoms with Crippen molar-refractivity contribution in [1.29, 1.82) is 0 Å². The molecule has 0 radical (unpaired) electrons. The first-order valence-corrected chi connectivity index (χ1v) is 10.3. The molecule has 0 saturated heterocycles. The van der Waals surface area contributed by atoms with E-state index in [1.165, 1.54) is 0 Å². The number of ether oxygens (including phenoxy) is 1. The first kappa shape index (κ1) is 21.4. The standard InChI is InChI=1S/C25H26N4O3/c1-28(2)23(18-9-7-12-20(15-18)31-3)17-26-25(30)22-16-21(24-13-8-14-32-24)27-29(22)19-10-5-4-6-11-19/h4-16,23H,17H2,1-3H3,(H,26,30). The fraction of sp³-hybridized carbons (Fsp3) is 0.200. The minimum absolute atomic E-state index is 0.0216. The van der Waals surface area contributed by atoms with Crippen LogP contribution in [-0.4, -0.2) is 48.3 Å². The Bertz CT molecular complexity index is 1170. The maximum absolute atomic E-state index is 13.3. The number of para-hydroxylation sites is 1. The Balaban J connectivity index is 1.60. The number of hydrogen-bond donors (Lipinski definition) is 1. The molecule has 1 atom stereocenters. The smallest absolute Gasteiger partial charge is 0.270 e. The molecule has 0 aliphatic rings. The molecule has 4 aromatic rings. The molecule has 1 amide bonds. The van der Waals surface area contributed by atoms with Crippen molar-refractivity contribution in [3.05, 3.63) is 90.3 Å². The number of amides is 1. The summed E-state index contributed by atoms with van der Waals surface area (Å²) in [4.78, 5) is 15.3. The number of carbonyl (C=O) groups is 1. The SMILES string of the molecule is COc1cccc(C(CNC(=O)c2cc(-c3ccco3)nn2-c2ccccc2)N(C)C)c1. The van der Waals surface area contributed by atoms with Gasteiger partial charge in [-0.3, -0.25) is 4.79 Å². The lowest BCUT2D eigenvalue weighted by Crippen LogP contribution is -2.35. The van der Waals surface area contributed by atoms with E-state index in [-0.39, 0.29) is 11.9 Å². The predicted molar refractivity (Wildman–Crippen MR) is 123 cm³/mol. The van der Waals surface area contributed by atoms with Crippen LogP contribution in [0.15, 0.2) is 83.5 Å². The fourth-order valence-corrected chi connectivity index (χ4v) is 3.58. The van der Waals surface area contributed by atoms with Crippen LogP contribution in [-0.2, 0) is 0 Å². The Labute approximate surface area is 187 Å². The number of carbonyl (C=O) groups excluding carboxylic acids is 1. The number of nitrogens with one attached hydrogen (secondary N) is 1. The Hall–Kier alpha value is -3.84. The van der Waals surface area contributed by atoms with Crippen LogP contribution in [0.5, 0.6) is 5.75 Å². The highest BCUT2D eigenvalue weighted by Crippen LogP contribution is 2.24. The van der Waals surface area contributed by atoms with E-state index in [9.17, 15) is 4.79 Å². The van der Waals surface area contributed by atoms with Gasteiger partial charge in [-0.1, -0.05) is 30.3 Å². The third kappa shape index (κ3) is 4.58. The molecule has 1 unspecified atom stereocenters. The number of aromatic nitrogens is 2. The van der Waals surface area contributed by atoms with Crippen molar-refractivity contribution in [1.82, 2.24) is 20.0 Å². The number of likely N-dealkylation sites (N-methyl/N-ethyl adjacent to an activating group) is 1. The van der Waals surface area contributed by atoms with Crippen molar-refractivity contribution >= 4 is 5.91 Å². The third-order valence-corrected chi connectivity index (χ3v) is 5.27. The fourth-order valence-electron chi connectivity index (χ4n) is 3.58. The molecule has 0 aliphatic carbocycles. The van der Waals surface area contributed by atoms with Crippen LogP contribution in [0.2, 0.25) is 0 Å².